The lowest BCUT2D eigenvalue weighted by atomic mass is 10.3. The molecule has 6 nitrogen and oxygen atoms in total. The summed E-state index contributed by atoms with van der Waals surface area (Å²) in [5.74, 6) is 0. The molecule has 0 aliphatic rings. The summed E-state index contributed by atoms with van der Waals surface area (Å²) in [6.07, 6.45) is 0. The Kier molecular flexibility index (Phi) is 5.08. The number of nitrogens with zero attached hydrogens (tertiary/aromatic N) is 1. The molecule has 0 saturated heterocycles. The van der Waals surface area contributed by atoms with Gasteiger partial charge in [0.2, 0.25) is 0 Å². The van der Waals surface area contributed by atoms with Crippen LogP contribution >= 0.6 is 23.8 Å². The maximum Gasteiger partial charge on any atom is 0.271 e. The minimum absolute atomic E-state index is 0.0650. The van der Waals surface area contributed by atoms with Crippen LogP contribution in [0.25, 0.3) is 0 Å². The number of hydrogen-bond acceptors (Lipinski definition) is 4. The molecule has 0 aliphatic heterocycles. The van der Waals surface area contributed by atoms with Gasteiger partial charge in [-0.1, -0.05) is 11.6 Å². The number of aliphatic hydroxyl groups is 1. The molecule has 1 aromatic carbocycles. The summed E-state index contributed by atoms with van der Waals surface area (Å²) >= 11 is 10.8. The van der Waals surface area contributed by atoms with Crippen LogP contribution in [0, 0.1) is 10.1 Å². The van der Waals surface area contributed by atoms with Crippen LogP contribution in [0.4, 0.5) is 11.4 Å². The quantitative estimate of drug-likeness (QED) is 0.439. The van der Waals surface area contributed by atoms with E-state index in [2.05, 4.69) is 10.6 Å². The zero-order valence-electron chi connectivity index (χ0n) is 8.64. The van der Waals surface area contributed by atoms with Gasteiger partial charge in [-0.15, -0.1) is 0 Å². The normalized spacial score (nSPS) is 9.76. The van der Waals surface area contributed by atoms with E-state index in [-0.39, 0.29) is 17.4 Å². The predicted octanol–water partition coefficient (Wildman–Crippen LogP) is 1.53. The highest BCUT2D eigenvalue weighted by Crippen LogP contribution is 2.26. The summed E-state index contributed by atoms with van der Waals surface area (Å²) in [6.45, 7) is 0.225. The lowest BCUT2D eigenvalue weighted by Gasteiger charge is -2.10. The number of benzene rings is 1. The van der Waals surface area contributed by atoms with Crippen LogP contribution in [0.3, 0.4) is 0 Å². The zero-order chi connectivity index (χ0) is 12.8. The van der Waals surface area contributed by atoms with E-state index in [4.69, 9.17) is 28.9 Å². The molecule has 0 spiro atoms. The van der Waals surface area contributed by atoms with Crippen molar-refractivity contribution < 1.29 is 10.0 Å². The number of aliphatic hydroxyl groups excluding tert-OH is 1. The number of anilines is 1. The second-order valence-electron chi connectivity index (χ2n) is 3.03. The number of rotatable bonds is 4. The van der Waals surface area contributed by atoms with Crippen molar-refractivity contribution in [2.75, 3.05) is 18.5 Å². The zero-order valence-corrected chi connectivity index (χ0v) is 10.2. The number of hydrogen-bond donors (Lipinski definition) is 3. The second kappa shape index (κ2) is 6.33. The fourth-order valence-electron chi connectivity index (χ4n) is 1.06. The molecule has 3 N–H and O–H groups in total. The topological polar surface area (TPSA) is 87.4 Å². The molecule has 1 rings (SSSR count). The molecule has 92 valence electrons. The van der Waals surface area contributed by atoms with Gasteiger partial charge in [0, 0.05) is 18.7 Å². The van der Waals surface area contributed by atoms with Crippen molar-refractivity contribution in [1.82, 2.24) is 5.32 Å². The molecule has 0 radical (unpaired) electrons. The van der Waals surface area contributed by atoms with Crippen LogP contribution < -0.4 is 10.6 Å². The average Bonchev–Trinajstić information content (AvgIpc) is 2.29. The molecular weight excluding hydrogens is 266 g/mol. The Hall–Kier alpha value is -1.44. The third-order valence-electron chi connectivity index (χ3n) is 1.81. The summed E-state index contributed by atoms with van der Waals surface area (Å²) in [5.41, 5.74) is 0.262. The van der Waals surface area contributed by atoms with Crippen molar-refractivity contribution in [3.05, 3.63) is 33.3 Å². The third-order valence-corrected chi connectivity index (χ3v) is 2.38. The first-order valence-electron chi connectivity index (χ1n) is 4.64. The highest BCUT2D eigenvalue weighted by molar-refractivity contribution is 7.80. The summed E-state index contributed by atoms with van der Waals surface area (Å²) in [5, 5.41) is 25.1. The summed E-state index contributed by atoms with van der Waals surface area (Å²) in [6, 6.07) is 4.00. The Morgan fingerprint density at radius 3 is 2.88 bits per heavy atom. The number of nitrogens with one attached hydrogen (secondary N) is 2. The monoisotopic (exact) mass is 275 g/mol. The van der Waals surface area contributed by atoms with Crippen molar-refractivity contribution in [3.8, 4) is 0 Å². The largest absolute Gasteiger partial charge is 0.395 e. The Bertz CT molecular complexity index is 441. The van der Waals surface area contributed by atoms with Gasteiger partial charge in [0.1, 0.15) is 0 Å². The highest BCUT2D eigenvalue weighted by atomic mass is 35.5. The Morgan fingerprint density at radius 1 is 1.59 bits per heavy atom. The maximum atomic E-state index is 10.6. The molecule has 1 aromatic rings. The lowest BCUT2D eigenvalue weighted by molar-refractivity contribution is -0.384. The van der Waals surface area contributed by atoms with Gasteiger partial charge in [0.05, 0.1) is 22.2 Å². The molecule has 0 saturated carbocycles. The van der Waals surface area contributed by atoms with E-state index in [0.29, 0.717) is 17.3 Å². The van der Waals surface area contributed by atoms with Gasteiger partial charge in [0.25, 0.3) is 5.69 Å². The van der Waals surface area contributed by atoms with E-state index in [0.717, 1.165) is 0 Å². The number of halogens is 1. The molecular formula is C9H10ClN3O3S. The first-order valence-corrected chi connectivity index (χ1v) is 5.43. The van der Waals surface area contributed by atoms with Gasteiger partial charge < -0.3 is 15.7 Å². The first kappa shape index (κ1) is 13.6. The predicted molar refractivity (Wildman–Crippen MR) is 69.4 cm³/mol. The number of non-ortho nitro benzene ring substituents is 1. The number of thiocarbonyl (C=S) groups is 1. The van der Waals surface area contributed by atoms with E-state index >= 15 is 0 Å². The van der Waals surface area contributed by atoms with Gasteiger partial charge >= 0.3 is 0 Å². The van der Waals surface area contributed by atoms with Gasteiger partial charge in [-0.3, -0.25) is 10.1 Å². The minimum Gasteiger partial charge on any atom is -0.395 e. The standard InChI is InChI=1S/C9H10ClN3O3S/c10-7-2-1-6(13(15)16)5-8(7)12-9(17)11-3-4-14/h1-2,5,14H,3-4H2,(H2,11,12,17). The lowest BCUT2D eigenvalue weighted by Crippen LogP contribution is -2.30. The fourth-order valence-corrected chi connectivity index (χ4v) is 1.44. The van der Waals surface area contributed by atoms with E-state index < -0.39 is 4.92 Å². The van der Waals surface area contributed by atoms with Gasteiger partial charge in [0.15, 0.2) is 5.11 Å². The van der Waals surface area contributed by atoms with Gasteiger partial charge in [-0.2, -0.15) is 0 Å². The van der Waals surface area contributed by atoms with Crippen LogP contribution in [0.15, 0.2) is 18.2 Å². The molecule has 0 unspecified atom stereocenters. The molecule has 8 heteroatoms. The van der Waals surface area contributed by atoms with Gasteiger partial charge in [-0.25, -0.2) is 0 Å². The average molecular weight is 276 g/mol. The van der Waals surface area contributed by atoms with Gasteiger partial charge in [-0.05, 0) is 18.3 Å². The molecule has 0 aromatic heterocycles. The summed E-state index contributed by atoms with van der Waals surface area (Å²) in [7, 11) is 0. The summed E-state index contributed by atoms with van der Waals surface area (Å²) < 4.78 is 0. The molecule has 0 heterocycles. The second-order valence-corrected chi connectivity index (χ2v) is 3.84. The molecule has 0 atom stereocenters. The van der Waals surface area contributed by atoms with E-state index in [1.54, 1.807) is 0 Å². The van der Waals surface area contributed by atoms with Crippen molar-refractivity contribution in [2.45, 2.75) is 0 Å². The van der Waals surface area contributed by atoms with E-state index in [9.17, 15) is 10.1 Å². The Morgan fingerprint density at radius 2 is 2.29 bits per heavy atom. The molecule has 0 amide bonds. The smallest absolute Gasteiger partial charge is 0.271 e. The van der Waals surface area contributed by atoms with Crippen molar-refractivity contribution in [2.24, 2.45) is 0 Å². The number of nitro groups is 1. The first-order chi connectivity index (χ1) is 8.04. The van der Waals surface area contributed by atoms with Crippen LogP contribution in [0.5, 0.6) is 0 Å². The molecule has 17 heavy (non-hydrogen) atoms. The van der Waals surface area contributed by atoms with Crippen molar-refractivity contribution >= 4 is 40.3 Å². The van der Waals surface area contributed by atoms with E-state index in [1.165, 1.54) is 18.2 Å². The third kappa shape index (κ3) is 4.14. The number of nitro benzene ring substituents is 1. The van der Waals surface area contributed by atoms with Crippen LogP contribution in [0.2, 0.25) is 5.02 Å². The van der Waals surface area contributed by atoms with Crippen LogP contribution in [-0.4, -0.2) is 28.3 Å². The minimum atomic E-state index is -0.522. The SMILES string of the molecule is O=[N+]([O-])c1ccc(Cl)c(NC(=S)NCCO)c1. The van der Waals surface area contributed by atoms with Crippen molar-refractivity contribution in [3.63, 3.8) is 0 Å². The summed E-state index contributed by atoms with van der Waals surface area (Å²) in [4.78, 5) is 10.1. The maximum absolute atomic E-state index is 10.6. The van der Waals surface area contributed by atoms with Crippen LogP contribution in [-0.2, 0) is 0 Å². The Labute approximate surface area is 108 Å². The highest BCUT2D eigenvalue weighted by Gasteiger charge is 2.10. The molecule has 0 aliphatic carbocycles. The Balaban J connectivity index is 2.79. The molecule has 0 bridgehead atoms. The molecule has 0 fully saturated rings. The fraction of sp³-hybridized carbons (Fsp3) is 0.222. The van der Waals surface area contributed by atoms with Crippen LogP contribution in [0.1, 0.15) is 0 Å². The van der Waals surface area contributed by atoms with Crippen molar-refractivity contribution in [1.29, 1.82) is 0 Å². The van der Waals surface area contributed by atoms with E-state index in [1.807, 2.05) is 0 Å².